The van der Waals surface area contributed by atoms with E-state index in [4.69, 9.17) is 4.74 Å². The summed E-state index contributed by atoms with van der Waals surface area (Å²) in [5, 5.41) is 0. The Morgan fingerprint density at radius 1 is 0.917 bits per heavy atom. The van der Waals surface area contributed by atoms with E-state index in [0.29, 0.717) is 30.9 Å². The average Bonchev–Trinajstić information content (AvgIpc) is 3.52. The summed E-state index contributed by atoms with van der Waals surface area (Å²) in [6.45, 7) is 3.46. The predicted molar refractivity (Wildman–Crippen MR) is 164 cm³/mol. The van der Waals surface area contributed by atoms with Crippen LogP contribution in [-0.4, -0.2) is 50.1 Å². The van der Waals surface area contributed by atoms with E-state index >= 15 is 0 Å². The van der Waals surface area contributed by atoms with Crippen molar-refractivity contribution in [2.45, 2.75) is 51.6 Å². The quantitative estimate of drug-likeness (QED) is 0.133. The number of hydrogen-bond acceptors (Lipinski definition) is 7. The number of halogens is 8. The van der Waals surface area contributed by atoms with Crippen molar-refractivity contribution in [2.75, 3.05) is 41.5 Å². The molecule has 0 bridgehead atoms. The van der Waals surface area contributed by atoms with Crippen LogP contribution in [0.5, 0.6) is 5.75 Å². The third-order valence-corrected chi connectivity index (χ3v) is 8.83. The lowest BCUT2D eigenvalue weighted by molar-refractivity contribution is -0.143. The van der Waals surface area contributed by atoms with Crippen LogP contribution in [0.1, 0.15) is 55.0 Å². The summed E-state index contributed by atoms with van der Waals surface area (Å²) in [6.07, 6.45) is -1.27. The van der Waals surface area contributed by atoms with Crippen molar-refractivity contribution in [3.8, 4) is 5.75 Å². The highest BCUT2D eigenvalue weighted by Gasteiger charge is 2.38. The van der Waals surface area contributed by atoms with Crippen molar-refractivity contribution in [2.24, 2.45) is 5.92 Å². The Bertz CT molecular complexity index is 1670. The molecular weight excluding hydrogens is 672 g/mol. The Balaban J connectivity index is 1.80. The number of aromatic nitrogens is 2. The van der Waals surface area contributed by atoms with Gasteiger partial charge in [0.15, 0.2) is 27.2 Å². The standard InChI is InChI=1S/C32H34F8N4O3S/c1-4-43(18-21-7-5-6-8-21)29-15-28(34)27(33)13-23(29)19-44(30-41-16-26(17-42-30)47-9-10-48(3,45)46)20(2)22-11-24(31(35,36)37)14-25(12-22)32(38,39)40/h5-6,11-17,20-21H,4,7-10,18-19H2,1-3H3. The monoisotopic (exact) mass is 706 g/mol. The third kappa shape index (κ3) is 9.57. The number of benzene rings is 2. The lowest BCUT2D eigenvalue weighted by Gasteiger charge is -2.34. The molecule has 3 aromatic rings. The minimum absolute atomic E-state index is 0.0180. The molecule has 1 aliphatic carbocycles. The largest absolute Gasteiger partial charge is 0.489 e. The fourth-order valence-corrected chi connectivity index (χ4v) is 5.72. The van der Waals surface area contributed by atoms with E-state index in [1.807, 2.05) is 24.0 Å². The van der Waals surface area contributed by atoms with Crippen LogP contribution in [0.15, 0.2) is 54.9 Å². The van der Waals surface area contributed by atoms with E-state index in [0.717, 1.165) is 43.6 Å². The van der Waals surface area contributed by atoms with Gasteiger partial charge in [0.25, 0.3) is 0 Å². The van der Waals surface area contributed by atoms with Crippen molar-refractivity contribution in [3.05, 3.63) is 88.8 Å². The highest BCUT2D eigenvalue weighted by Crippen LogP contribution is 2.40. The molecular formula is C32H34F8N4O3S. The molecule has 7 nitrogen and oxygen atoms in total. The molecule has 0 aliphatic heterocycles. The maximum Gasteiger partial charge on any atom is 0.416 e. The number of alkyl halides is 6. The normalized spacial score (nSPS) is 14.7. The first-order valence-electron chi connectivity index (χ1n) is 14.9. The van der Waals surface area contributed by atoms with Crippen LogP contribution in [0.4, 0.5) is 46.8 Å². The maximum atomic E-state index is 14.8. The molecule has 0 saturated carbocycles. The summed E-state index contributed by atoms with van der Waals surface area (Å²) in [5.74, 6) is -2.57. The zero-order valence-electron chi connectivity index (χ0n) is 26.2. The van der Waals surface area contributed by atoms with Crippen LogP contribution in [-0.2, 0) is 28.7 Å². The summed E-state index contributed by atoms with van der Waals surface area (Å²) >= 11 is 0. The summed E-state index contributed by atoms with van der Waals surface area (Å²) in [4.78, 5) is 11.5. The van der Waals surface area contributed by atoms with Gasteiger partial charge in [0.2, 0.25) is 5.95 Å². The molecule has 0 amide bonds. The van der Waals surface area contributed by atoms with Crippen molar-refractivity contribution in [1.82, 2.24) is 9.97 Å². The van der Waals surface area contributed by atoms with Crippen molar-refractivity contribution in [3.63, 3.8) is 0 Å². The molecule has 0 spiro atoms. The number of rotatable bonds is 13. The smallest absolute Gasteiger partial charge is 0.416 e. The number of sulfone groups is 1. The van der Waals surface area contributed by atoms with E-state index in [-0.39, 0.29) is 53.7 Å². The molecule has 1 heterocycles. The molecule has 1 aliphatic rings. The van der Waals surface area contributed by atoms with Gasteiger partial charge in [0.05, 0.1) is 35.3 Å². The minimum atomic E-state index is -5.11. The van der Waals surface area contributed by atoms with Crippen LogP contribution in [0.3, 0.4) is 0 Å². The summed E-state index contributed by atoms with van der Waals surface area (Å²) in [5.41, 5.74) is -2.95. The molecule has 0 saturated heterocycles. The van der Waals surface area contributed by atoms with Crippen LogP contribution in [0, 0.1) is 17.6 Å². The Morgan fingerprint density at radius 3 is 2.00 bits per heavy atom. The molecule has 262 valence electrons. The zero-order chi connectivity index (χ0) is 35.4. The van der Waals surface area contributed by atoms with E-state index in [9.17, 15) is 43.5 Å². The lowest BCUT2D eigenvalue weighted by Crippen LogP contribution is -2.32. The van der Waals surface area contributed by atoms with Gasteiger partial charge >= 0.3 is 12.4 Å². The first kappa shape index (κ1) is 36.9. The third-order valence-electron chi connectivity index (χ3n) is 7.92. The van der Waals surface area contributed by atoms with Crippen LogP contribution >= 0.6 is 0 Å². The van der Waals surface area contributed by atoms with Gasteiger partial charge in [-0.2, -0.15) is 26.3 Å². The number of anilines is 2. The lowest BCUT2D eigenvalue weighted by atomic mass is 9.98. The molecule has 16 heteroatoms. The van der Waals surface area contributed by atoms with Gasteiger partial charge in [-0.25, -0.2) is 27.2 Å². The first-order chi connectivity index (χ1) is 22.4. The van der Waals surface area contributed by atoms with Gasteiger partial charge in [-0.1, -0.05) is 12.2 Å². The number of allylic oxidation sites excluding steroid dienone is 2. The molecule has 0 N–H and O–H groups in total. The second kappa shape index (κ2) is 14.7. The van der Waals surface area contributed by atoms with Gasteiger partial charge < -0.3 is 14.5 Å². The van der Waals surface area contributed by atoms with E-state index in [1.165, 1.54) is 11.8 Å². The predicted octanol–water partition coefficient (Wildman–Crippen LogP) is 7.78. The minimum Gasteiger partial charge on any atom is -0.489 e. The number of ether oxygens (including phenoxy) is 1. The van der Waals surface area contributed by atoms with E-state index in [2.05, 4.69) is 9.97 Å². The molecule has 2 aromatic carbocycles. The Kier molecular flexibility index (Phi) is 11.3. The van der Waals surface area contributed by atoms with Gasteiger partial charge in [-0.3, -0.25) is 0 Å². The van der Waals surface area contributed by atoms with Gasteiger partial charge in [0.1, 0.15) is 6.61 Å². The van der Waals surface area contributed by atoms with Crippen LogP contribution < -0.4 is 14.5 Å². The Morgan fingerprint density at radius 2 is 1.48 bits per heavy atom. The Labute approximate surface area is 273 Å². The van der Waals surface area contributed by atoms with Gasteiger partial charge in [-0.05, 0) is 68.0 Å². The summed E-state index contributed by atoms with van der Waals surface area (Å²) in [6, 6.07) is 1.89. The second-order valence-corrected chi connectivity index (χ2v) is 13.8. The molecule has 48 heavy (non-hydrogen) atoms. The number of nitrogens with zero attached hydrogens (tertiary/aromatic N) is 4. The van der Waals surface area contributed by atoms with Crippen LogP contribution in [0.25, 0.3) is 0 Å². The number of hydrogen-bond donors (Lipinski definition) is 0. The summed E-state index contributed by atoms with van der Waals surface area (Å²) < 4.78 is 140. The zero-order valence-corrected chi connectivity index (χ0v) is 27.1. The van der Waals surface area contributed by atoms with E-state index in [1.54, 1.807) is 0 Å². The molecule has 0 radical (unpaired) electrons. The van der Waals surface area contributed by atoms with Crippen molar-refractivity contribution < 1.29 is 48.3 Å². The second-order valence-electron chi connectivity index (χ2n) is 11.6. The molecule has 4 rings (SSSR count). The first-order valence-corrected chi connectivity index (χ1v) is 17.0. The van der Waals surface area contributed by atoms with E-state index < -0.39 is 51.0 Å². The fraction of sp³-hybridized carbons (Fsp3) is 0.438. The highest BCUT2D eigenvalue weighted by atomic mass is 32.2. The average molecular weight is 707 g/mol. The topological polar surface area (TPSA) is 75.6 Å². The maximum absolute atomic E-state index is 14.8. The Hall–Kier alpha value is -3.95. The highest BCUT2D eigenvalue weighted by molar-refractivity contribution is 7.90. The molecule has 1 atom stereocenters. The summed E-state index contributed by atoms with van der Waals surface area (Å²) in [7, 11) is -3.35. The van der Waals surface area contributed by atoms with Gasteiger partial charge in [-0.15, -0.1) is 0 Å². The van der Waals surface area contributed by atoms with Crippen molar-refractivity contribution >= 4 is 21.5 Å². The SMILES string of the molecule is CCN(CC1CC=CC1)c1cc(F)c(F)cc1CN(c1ncc(OCCS(C)(=O)=O)cn1)C(C)c1cc(C(F)(F)F)cc(C(F)(F)F)c1. The van der Waals surface area contributed by atoms with Crippen molar-refractivity contribution in [1.29, 1.82) is 0 Å². The molecule has 1 unspecified atom stereocenters. The molecule has 1 aromatic heterocycles. The van der Waals surface area contributed by atoms with Crippen LogP contribution in [0.2, 0.25) is 0 Å². The van der Waals surface area contributed by atoms with Gasteiger partial charge in [0, 0.05) is 37.6 Å². The fourth-order valence-electron chi connectivity index (χ4n) is 5.34. The molecule has 0 fully saturated rings.